The van der Waals surface area contributed by atoms with Gasteiger partial charge in [0.15, 0.2) is 8.32 Å². The van der Waals surface area contributed by atoms with Crippen LogP contribution in [0.2, 0.25) is 19.6 Å². The van der Waals surface area contributed by atoms with Crippen molar-refractivity contribution in [1.29, 1.82) is 0 Å². The maximum absolute atomic E-state index is 13.4. The van der Waals surface area contributed by atoms with E-state index in [-0.39, 0.29) is 19.3 Å². The number of carbonyl (C=O) groups is 2. The second-order valence-corrected chi connectivity index (χ2v) is 18.5. The van der Waals surface area contributed by atoms with Gasteiger partial charge in [-0.1, -0.05) is 27.7 Å². The van der Waals surface area contributed by atoms with Crippen molar-refractivity contribution in [1.82, 2.24) is 0 Å². The van der Waals surface area contributed by atoms with Gasteiger partial charge >= 0.3 is 24.7 Å². The van der Waals surface area contributed by atoms with E-state index in [9.17, 15) is 62.3 Å². The van der Waals surface area contributed by atoms with Crippen molar-refractivity contribution in [2.45, 2.75) is 160 Å². The lowest BCUT2D eigenvalue weighted by atomic mass is 9.80. The highest BCUT2D eigenvalue weighted by atomic mass is 28.4. The van der Waals surface area contributed by atoms with Crippen LogP contribution in [0.3, 0.4) is 0 Å². The number of alkyl halides is 12. The van der Waals surface area contributed by atoms with Crippen LogP contribution in [0.5, 0.6) is 0 Å². The Morgan fingerprint density at radius 1 is 0.522 bits per heavy atom. The van der Waals surface area contributed by atoms with Crippen molar-refractivity contribution in [3.05, 3.63) is 0 Å². The Kier molecular flexibility index (Phi) is 17.6. The molecule has 46 heavy (non-hydrogen) atoms. The molecule has 17 heteroatoms. The Morgan fingerprint density at radius 3 is 1.09 bits per heavy atom. The molecule has 0 unspecified atom stereocenters. The third-order valence-electron chi connectivity index (χ3n) is 7.46. The van der Waals surface area contributed by atoms with E-state index < -0.39 is 74.3 Å². The molecule has 0 saturated carbocycles. The first-order valence-corrected chi connectivity index (χ1v) is 18.2. The number of unbranched alkanes of at least 4 members (excludes halogenated alkanes) is 2. The lowest BCUT2D eigenvalue weighted by Gasteiger charge is -2.42. The van der Waals surface area contributed by atoms with Crippen LogP contribution in [0.15, 0.2) is 0 Å². The van der Waals surface area contributed by atoms with Gasteiger partial charge in [-0.15, -0.1) is 0 Å². The molecule has 0 aliphatic heterocycles. The number of rotatable bonds is 18. The molecule has 0 amide bonds. The third-order valence-corrected chi connectivity index (χ3v) is 8.42. The van der Waals surface area contributed by atoms with Gasteiger partial charge in [-0.3, -0.25) is 0 Å². The minimum atomic E-state index is -5.76. The molecule has 4 nitrogen and oxygen atoms in total. The molecule has 0 spiro atoms. The number of hydrogen-bond donors (Lipinski definition) is 1. The highest BCUT2D eigenvalue weighted by Gasteiger charge is 2.72. The standard InChI is InChI=1S/C16H28F6O2Si.C13H20F6O2/c1-13(2,9-6-7-12-23)10-8-11-14(15(17,18)19,16(20,21)22)24-25(3,4)5;1-10(2,6-3-4-9-20)7-5-8-11(21,12(14,15)16)13(17,18)19/h12H,6-11H2,1-5H3;9,21H,3-8H2,1-2H3. The highest BCUT2D eigenvalue weighted by molar-refractivity contribution is 6.69. The second-order valence-electron chi connectivity index (χ2n) is 14.0. The zero-order valence-electron chi connectivity index (χ0n) is 27.3. The summed E-state index contributed by atoms with van der Waals surface area (Å²) in [6, 6.07) is 0. The van der Waals surface area contributed by atoms with Crippen LogP contribution in [-0.4, -0.2) is 61.9 Å². The molecule has 0 aliphatic rings. The quantitative estimate of drug-likeness (QED) is 0.0664. The van der Waals surface area contributed by atoms with Crippen LogP contribution in [0.4, 0.5) is 52.7 Å². The van der Waals surface area contributed by atoms with Gasteiger partial charge in [0.2, 0.25) is 5.60 Å². The minimum absolute atomic E-state index is 0.0975. The Hall–Kier alpha value is -1.36. The van der Waals surface area contributed by atoms with E-state index in [4.69, 9.17) is 9.53 Å². The summed E-state index contributed by atoms with van der Waals surface area (Å²) in [7, 11) is -3.11. The van der Waals surface area contributed by atoms with Crippen LogP contribution >= 0.6 is 0 Å². The lowest BCUT2D eigenvalue weighted by Crippen LogP contribution is -2.62. The van der Waals surface area contributed by atoms with E-state index in [2.05, 4.69) is 0 Å². The van der Waals surface area contributed by atoms with Gasteiger partial charge < -0.3 is 19.1 Å². The van der Waals surface area contributed by atoms with Gasteiger partial charge in [0.25, 0.3) is 5.60 Å². The van der Waals surface area contributed by atoms with Crippen molar-refractivity contribution in [3.8, 4) is 0 Å². The molecule has 0 aromatic heterocycles. The first-order valence-electron chi connectivity index (χ1n) is 14.8. The van der Waals surface area contributed by atoms with Crippen molar-refractivity contribution in [3.63, 3.8) is 0 Å². The van der Waals surface area contributed by atoms with E-state index in [1.165, 1.54) is 19.6 Å². The predicted octanol–water partition coefficient (Wildman–Crippen LogP) is 10.7. The van der Waals surface area contributed by atoms with Crippen LogP contribution in [0.25, 0.3) is 0 Å². The van der Waals surface area contributed by atoms with Crippen molar-refractivity contribution < 1.29 is 71.8 Å². The van der Waals surface area contributed by atoms with Gasteiger partial charge in [0.05, 0.1) is 0 Å². The van der Waals surface area contributed by atoms with Crippen LogP contribution < -0.4 is 0 Å². The highest BCUT2D eigenvalue weighted by Crippen LogP contribution is 2.51. The zero-order chi connectivity index (χ0) is 37.1. The summed E-state index contributed by atoms with van der Waals surface area (Å²) >= 11 is 0. The fraction of sp³-hybridized carbons (Fsp3) is 0.931. The molecule has 0 heterocycles. The number of halogens is 12. The number of aldehydes is 2. The summed E-state index contributed by atoms with van der Waals surface area (Å²) in [5.41, 5.74) is -9.71. The summed E-state index contributed by atoms with van der Waals surface area (Å²) in [6.07, 6.45) is -21.3. The van der Waals surface area contributed by atoms with Gasteiger partial charge in [-0.2, -0.15) is 52.7 Å². The van der Waals surface area contributed by atoms with Gasteiger partial charge in [-0.25, -0.2) is 0 Å². The number of carbonyl (C=O) groups excluding carboxylic acids is 2. The molecule has 0 bridgehead atoms. The second kappa shape index (κ2) is 17.3. The van der Waals surface area contributed by atoms with Crippen molar-refractivity contribution >= 4 is 20.9 Å². The molecule has 0 aliphatic carbocycles. The van der Waals surface area contributed by atoms with Gasteiger partial charge in [0.1, 0.15) is 12.6 Å². The summed E-state index contributed by atoms with van der Waals surface area (Å²) < 4.78 is 160. The summed E-state index contributed by atoms with van der Waals surface area (Å²) in [4.78, 5) is 20.5. The topological polar surface area (TPSA) is 63.6 Å². The van der Waals surface area contributed by atoms with E-state index in [1.807, 2.05) is 0 Å². The molecule has 1 N–H and O–H groups in total. The monoisotopic (exact) mass is 716 g/mol. The first-order chi connectivity index (χ1) is 20.2. The number of hydrogen-bond acceptors (Lipinski definition) is 4. The average molecular weight is 717 g/mol. The molecule has 0 rings (SSSR count). The van der Waals surface area contributed by atoms with E-state index in [0.29, 0.717) is 44.8 Å². The van der Waals surface area contributed by atoms with E-state index in [1.54, 1.807) is 27.7 Å². The summed E-state index contributed by atoms with van der Waals surface area (Å²) in [5.74, 6) is 0. The fourth-order valence-corrected chi connectivity index (χ4v) is 6.17. The molecular formula is C29H48F12O4Si. The third kappa shape index (κ3) is 15.7. The Morgan fingerprint density at radius 2 is 0.826 bits per heavy atom. The van der Waals surface area contributed by atoms with Crippen LogP contribution in [0, 0.1) is 10.8 Å². The molecule has 0 atom stereocenters. The van der Waals surface area contributed by atoms with E-state index in [0.717, 1.165) is 6.29 Å². The molecule has 0 saturated heterocycles. The number of aliphatic hydroxyl groups is 1. The van der Waals surface area contributed by atoms with Crippen LogP contribution in [-0.2, 0) is 14.0 Å². The predicted molar refractivity (Wildman–Crippen MR) is 151 cm³/mol. The maximum Gasteiger partial charge on any atom is 0.426 e. The normalized spacial score (nSPS) is 14.5. The van der Waals surface area contributed by atoms with E-state index >= 15 is 0 Å². The summed E-state index contributed by atoms with van der Waals surface area (Å²) in [6.45, 7) is 10.9. The Bertz CT molecular complexity index is 874. The Labute approximate surface area is 264 Å². The Balaban J connectivity index is 0. The van der Waals surface area contributed by atoms with Crippen LogP contribution in [0.1, 0.15) is 105 Å². The molecule has 0 aromatic rings. The first kappa shape index (κ1) is 46.8. The van der Waals surface area contributed by atoms with Gasteiger partial charge in [-0.05, 0) is 94.7 Å². The summed E-state index contributed by atoms with van der Waals surface area (Å²) in [5, 5.41) is 9.00. The van der Waals surface area contributed by atoms with Gasteiger partial charge in [0, 0.05) is 12.8 Å². The lowest BCUT2D eigenvalue weighted by molar-refractivity contribution is -0.370. The molecule has 0 radical (unpaired) electrons. The van der Waals surface area contributed by atoms with Crippen molar-refractivity contribution in [2.75, 3.05) is 0 Å². The maximum atomic E-state index is 13.4. The zero-order valence-corrected chi connectivity index (χ0v) is 28.3. The fourth-order valence-electron chi connectivity index (χ4n) is 4.79. The molecule has 276 valence electrons. The molecule has 0 aromatic carbocycles. The smallest absolute Gasteiger partial charge is 0.397 e. The minimum Gasteiger partial charge on any atom is -0.397 e. The largest absolute Gasteiger partial charge is 0.426 e. The SMILES string of the molecule is CC(C)(CCCC=O)CCCC(O)(C(F)(F)F)C(F)(F)F.CC(C)(CCCC=O)CCCC(O[Si](C)(C)C)(C(F)(F)F)C(F)(F)F. The molecular weight excluding hydrogens is 668 g/mol. The average Bonchev–Trinajstić information content (AvgIpc) is 2.80. The molecule has 0 fully saturated rings. The van der Waals surface area contributed by atoms with Crippen molar-refractivity contribution in [2.24, 2.45) is 10.8 Å².